The van der Waals surface area contributed by atoms with Crippen LogP contribution in [0.4, 0.5) is 11.4 Å². The fraction of sp³-hybridized carbons (Fsp3) is 0.321. The Balaban J connectivity index is 1.39. The van der Waals surface area contributed by atoms with Crippen LogP contribution in [0.1, 0.15) is 18.1 Å². The Kier molecular flexibility index (Phi) is 5.40. The lowest BCUT2D eigenvalue weighted by atomic mass is 9.97. The summed E-state index contributed by atoms with van der Waals surface area (Å²) in [4.78, 5) is 6.99. The van der Waals surface area contributed by atoms with Gasteiger partial charge in [-0.1, -0.05) is 18.2 Å². The molecule has 7 nitrogen and oxygen atoms in total. The molecule has 6 rings (SSSR count). The van der Waals surface area contributed by atoms with Crippen LogP contribution >= 0.6 is 0 Å². The fourth-order valence-corrected chi connectivity index (χ4v) is 5.18. The predicted octanol–water partition coefficient (Wildman–Crippen LogP) is 4.57. The van der Waals surface area contributed by atoms with Crippen LogP contribution in [0.5, 0.6) is 23.0 Å². The molecule has 0 aromatic heterocycles. The quantitative estimate of drug-likeness (QED) is 0.588. The summed E-state index contributed by atoms with van der Waals surface area (Å²) in [6, 6.07) is 17.1. The minimum atomic E-state index is 0.295. The molecule has 3 aromatic carbocycles. The van der Waals surface area contributed by atoms with Crippen LogP contribution in [0.3, 0.4) is 0 Å². The highest BCUT2D eigenvalue weighted by Gasteiger charge is 2.28. The van der Waals surface area contributed by atoms with E-state index in [4.69, 9.17) is 18.9 Å². The Morgan fingerprint density at radius 1 is 0.971 bits per heavy atom. The topological polar surface area (TPSA) is 64.5 Å². The standard InChI is InChI=1S/C28H29N3O4/c1-17-16-29-28(30-17)27-25(32-2)14-19(15-26(27)33-3)31-10-9-21-20(5-4-6-22(21)31)18-7-8-23-24(13-18)35-12-11-34-23/h4-8,13-15,17H,9-12,16H2,1-3H3,(H,29,30). The minimum Gasteiger partial charge on any atom is -0.496 e. The SMILES string of the molecule is COc1cc(N2CCc3c(-c4ccc5c(c4)OCCO5)cccc32)cc(OC)c1C1=NCC(C)N1. The van der Waals surface area contributed by atoms with Crippen molar-refractivity contribution in [3.8, 4) is 34.1 Å². The fourth-order valence-electron chi connectivity index (χ4n) is 5.18. The van der Waals surface area contributed by atoms with Crippen molar-refractivity contribution >= 4 is 17.2 Å². The number of nitrogens with zero attached hydrogens (tertiary/aromatic N) is 2. The summed E-state index contributed by atoms with van der Waals surface area (Å²) in [6.07, 6.45) is 0.943. The number of fused-ring (bicyclic) bond motifs is 2. The summed E-state index contributed by atoms with van der Waals surface area (Å²) in [7, 11) is 3.39. The second-order valence-corrected chi connectivity index (χ2v) is 9.02. The van der Waals surface area contributed by atoms with Crippen LogP contribution in [-0.4, -0.2) is 52.4 Å². The summed E-state index contributed by atoms with van der Waals surface area (Å²) < 4.78 is 23.2. The van der Waals surface area contributed by atoms with Crippen LogP contribution in [0.25, 0.3) is 11.1 Å². The van der Waals surface area contributed by atoms with Crippen LogP contribution in [0.15, 0.2) is 53.5 Å². The molecule has 3 aliphatic rings. The van der Waals surface area contributed by atoms with E-state index in [1.165, 1.54) is 16.8 Å². The number of hydrogen-bond acceptors (Lipinski definition) is 7. The Morgan fingerprint density at radius 3 is 2.46 bits per heavy atom. The normalized spacial score (nSPS) is 18.1. The van der Waals surface area contributed by atoms with Crippen molar-refractivity contribution in [2.75, 3.05) is 45.4 Å². The molecule has 0 bridgehead atoms. The number of aliphatic imine (C=N–C) groups is 1. The van der Waals surface area contributed by atoms with Gasteiger partial charge in [-0.3, -0.25) is 4.99 Å². The molecule has 1 atom stereocenters. The summed E-state index contributed by atoms with van der Waals surface area (Å²) in [6.45, 7) is 4.91. The molecule has 180 valence electrons. The lowest BCUT2D eigenvalue weighted by Crippen LogP contribution is -2.28. The maximum absolute atomic E-state index is 5.83. The summed E-state index contributed by atoms with van der Waals surface area (Å²) in [5.41, 5.74) is 6.77. The predicted molar refractivity (Wildman–Crippen MR) is 137 cm³/mol. The molecule has 0 saturated heterocycles. The smallest absolute Gasteiger partial charge is 0.161 e. The maximum atomic E-state index is 5.83. The Morgan fingerprint density at radius 2 is 1.74 bits per heavy atom. The third kappa shape index (κ3) is 3.71. The third-order valence-electron chi connectivity index (χ3n) is 6.83. The van der Waals surface area contributed by atoms with Gasteiger partial charge in [-0.05, 0) is 48.2 Å². The van der Waals surface area contributed by atoms with Gasteiger partial charge >= 0.3 is 0 Å². The highest BCUT2D eigenvalue weighted by molar-refractivity contribution is 6.05. The Hall–Kier alpha value is -3.87. The molecule has 0 saturated carbocycles. The third-order valence-corrected chi connectivity index (χ3v) is 6.83. The molecule has 3 aromatic rings. The molecule has 35 heavy (non-hydrogen) atoms. The molecule has 0 radical (unpaired) electrons. The average Bonchev–Trinajstić information content (AvgIpc) is 3.53. The molecule has 0 amide bonds. The Bertz CT molecular complexity index is 1290. The summed E-state index contributed by atoms with van der Waals surface area (Å²) >= 11 is 0. The molecule has 0 spiro atoms. The van der Waals surface area contributed by atoms with Gasteiger partial charge in [0.25, 0.3) is 0 Å². The lowest BCUT2D eigenvalue weighted by molar-refractivity contribution is 0.171. The first-order valence-electron chi connectivity index (χ1n) is 12.0. The van der Waals surface area contributed by atoms with E-state index >= 15 is 0 Å². The van der Waals surface area contributed by atoms with Gasteiger partial charge in [0.05, 0.1) is 20.8 Å². The molecule has 0 aliphatic carbocycles. The lowest BCUT2D eigenvalue weighted by Gasteiger charge is -2.24. The molecule has 3 aliphatic heterocycles. The summed E-state index contributed by atoms with van der Waals surface area (Å²) in [5, 5.41) is 3.43. The first kappa shape index (κ1) is 21.6. The monoisotopic (exact) mass is 471 g/mol. The molecule has 1 unspecified atom stereocenters. The summed E-state index contributed by atoms with van der Waals surface area (Å²) in [5.74, 6) is 3.93. The molecule has 0 fully saturated rings. The second-order valence-electron chi connectivity index (χ2n) is 9.02. The van der Waals surface area contributed by atoms with Gasteiger partial charge in [0.1, 0.15) is 36.1 Å². The van der Waals surface area contributed by atoms with Gasteiger partial charge in [-0.25, -0.2) is 0 Å². The van der Waals surface area contributed by atoms with Crippen molar-refractivity contribution in [2.24, 2.45) is 4.99 Å². The van der Waals surface area contributed by atoms with Crippen LogP contribution in [-0.2, 0) is 6.42 Å². The molecular formula is C28H29N3O4. The van der Waals surface area contributed by atoms with E-state index < -0.39 is 0 Å². The number of nitrogens with one attached hydrogen (secondary N) is 1. The highest BCUT2D eigenvalue weighted by Crippen LogP contribution is 2.44. The molecule has 7 heteroatoms. The average molecular weight is 472 g/mol. The van der Waals surface area contributed by atoms with Gasteiger partial charge in [-0.2, -0.15) is 0 Å². The van der Waals surface area contributed by atoms with Gasteiger partial charge in [0.2, 0.25) is 0 Å². The zero-order valence-electron chi connectivity index (χ0n) is 20.3. The first-order valence-corrected chi connectivity index (χ1v) is 12.0. The minimum absolute atomic E-state index is 0.295. The van der Waals surface area contributed by atoms with E-state index in [1.54, 1.807) is 14.2 Å². The van der Waals surface area contributed by atoms with Gasteiger partial charge in [0.15, 0.2) is 11.5 Å². The number of rotatable bonds is 5. The van der Waals surface area contributed by atoms with E-state index in [-0.39, 0.29) is 0 Å². The van der Waals surface area contributed by atoms with Crippen molar-refractivity contribution in [1.29, 1.82) is 0 Å². The van der Waals surface area contributed by atoms with E-state index in [9.17, 15) is 0 Å². The van der Waals surface area contributed by atoms with E-state index in [0.29, 0.717) is 19.3 Å². The number of hydrogen-bond donors (Lipinski definition) is 1. The zero-order valence-corrected chi connectivity index (χ0v) is 20.3. The van der Waals surface area contributed by atoms with Crippen LogP contribution < -0.4 is 29.2 Å². The molecule has 1 N–H and O–H groups in total. The number of ether oxygens (including phenoxy) is 4. The van der Waals surface area contributed by atoms with Crippen molar-refractivity contribution < 1.29 is 18.9 Å². The van der Waals surface area contributed by atoms with Crippen molar-refractivity contribution in [3.63, 3.8) is 0 Å². The Labute approximate surface area is 205 Å². The van der Waals surface area contributed by atoms with Gasteiger partial charge < -0.3 is 29.2 Å². The van der Waals surface area contributed by atoms with E-state index in [2.05, 4.69) is 64.6 Å². The van der Waals surface area contributed by atoms with Gasteiger partial charge in [-0.15, -0.1) is 0 Å². The van der Waals surface area contributed by atoms with Crippen molar-refractivity contribution in [1.82, 2.24) is 5.32 Å². The largest absolute Gasteiger partial charge is 0.496 e. The maximum Gasteiger partial charge on any atom is 0.161 e. The van der Waals surface area contributed by atoms with Gasteiger partial charge in [0, 0.05) is 36.1 Å². The second kappa shape index (κ2) is 8.73. The van der Waals surface area contributed by atoms with Crippen molar-refractivity contribution in [3.05, 3.63) is 59.7 Å². The van der Waals surface area contributed by atoms with Crippen LogP contribution in [0.2, 0.25) is 0 Å². The van der Waals surface area contributed by atoms with Crippen LogP contribution in [0, 0.1) is 0 Å². The van der Waals surface area contributed by atoms with Crippen molar-refractivity contribution in [2.45, 2.75) is 19.4 Å². The molecule has 3 heterocycles. The number of methoxy groups -OCH3 is 2. The highest BCUT2D eigenvalue weighted by atomic mass is 16.6. The van der Waals surface area contributed by atoms with E-state index in [0.717, 1.165) is 65.2 Å². The number of amidine groups is 1. The number of anilines is 2. The number of benzene rings is 3. The van der Waals surface area contributed by atoms with E-state index in [1.807, 2.05) is 6.07 Å². The molecular weight excluding hydrogens is 442 g/mol. The first-order chi connectivity index (χ1) is 17.2. The zero-order chi connectivity index (χ0) is 23.9.